The normalized spacial score (nSPS) is 16.8. The molecule has 0 saturated carbocycles. The van der Waals surface area contributed by atoms with Crippen molar-refractivity contribution in [2.75, 3.05) is 27.4 Å². The third-order valence-electron chi connectivity index (χ3n) is 5.72. The van der Waals surface area contributed by atoms with E-state index in [4.69, 9.17) is 19.3 Å². The zero-order chi connectivity index (χ0) is 21.0. The van der Waals surface area contributed by atoms with Gasteiger partial charge < -0.3 is 14.2 Å². The predicted octanol–water partition coefficient (Wildman–Crippen LogP) is 4.28. The summed E-state index contributed by atoms with van der Waals surface area (Å²) in [6.45, 7) is 12.0. The molecule has 1 aromatic carbocycles. The van der Waals surface area contributed by atoms with E-state index in [0.29, 0.717) is 12.1 Å². The van der Waals surface area contributed by atoms with Crippen molar-refractivity contribution in [2.24, 2.45) is 0 Å². The van der Waals surface area contributed by atoms with Crippen LogP contribution in [0.15, 0.2) is 18.2 Å². The van der Waals surface area contributed by atoms with Gasteiger partial charge >= 0.3 is 0 Å². The molecule has 1 atom stereocenters. The molecule has 0 amide bonds. The van der Waals surface area contributed by atoms with E-state index in [1.165, 1.54) is 11.3 Å². The van der Waals surface area contributed by atoms with Crippen LogP contribution in [0.5, 0.6) is 11.5 Å². The smallest absolute Gasteiger partial charge is 0.127 e. The molecule has 0 bridgehead atoms. The lowest BCUT2D eigenvalue weighted by Crippen LogP contribution is -2.32. The number of hydrogen-bond acceptors (Lipinski definition) is 5. The van der Waals surface area contributed by atoms with Crippen LogP contribution in [-0.2, 0) is 17.8 Å². The summed E-state index contributed by atoms with van der Waals surface area (Å²) >= 11 is 0. The molecule has 0 N–H and O–H groups in total. The standard InChI is InChI=1S/C23H35N3O3/c1-16(2)26-18(4)22(17(3)24-26)15-25(14-21-8-7-11-29-21)13-19-9-10-20(27-5)12-23(19)28-6/h9-10,12,16,21H,7-8,11,13-15H2,1-6H3. The van der Waals surface area contributed by atoms with E-state index in [1.807, 2.05) is 12.1 Å². The van der Waals surface area contributed by atoms with Crippen LogP contribution < -0.4 is 9.47 Å². The number of aryl methyl sites for hydroxylation is 1. The average Bonchev–Trinajstić information content (AvgIpc) is 3.31. The van der Waals surface area contributed by atoms with Crippen molar-refractivity contribution >= 4 is 0 Å². The molecule has 1 aliphatic heterocycles. The van der Waals surface area contributed by atoms with E-state index in [1.54, 1.807) is 14.2 Å². The van der Waals surface area contributed by atoms with Gasteiger partial charge in [0.1, 0.15) is 11.5 Å². The van der Waals surface area contributed by atoms with Crippen molar-refractivity contribution in [1.82, 2.24) is 14.7 Å². The van der Waals surface area contributed by atoms with Crippen LogP contribution in [0.1, 0.15) is 55.2 Å². The van der Waals surface area contributed by atoms with Crippen LogP contribution in [0.25, 0.3) is 0 Å². The minimum Gasteiger partial charge on any atom is -0.497 e. The molecule has 160 valence electrons. The fourth-order valence-corrected chi connectivity index (χ4v) is 4.14. The van der Waals surface area contributed by atoms with Gasteiger partial charge in [0.15, 0.2) is 0 Å². The van der Waals surface area contributed by atoms with Gasteiger partial charge in [-0.1, -0.05) is 6.07 Å². The van der Waals surface area contributed by atoms with E-state index in [-0.39, 0.29) is 0 Å². The maximum atomic E-state index is 5.94. The second kappa shape index (κ2) is 9.63. The summed E-state index contributed by atoms with van der Waals surface area (Å²) in [5.74, 6) is 1.66. The van der Waals surface area contributed by atoms with Crippen molar-refractivity contribution in [3.63, 3.8) is 0 Å². The molecular weight excluding hydrogens is 366 g/mol. The lowest BCUT2D eigenvalue weighted by Gasteiger charge is -2.26. The van der Waals surface area contributed by atoms with Gasteiger partial charge in [-0.05, 0) is 46.6 Å². The second-order valence-electron chi connectivity index (χ2n) is 8.17. The Kier molecular flexibility index (Phi) is 7.19. The quantitative estimate of drug-likeness (QED) is 0.628. The lowest BCUT2D eigenvalue weighted by atomic mass is 10.1. The highest BCUT2D eigenvalue weighted by Crippen LogP contribution is 2.28. The average molecular weight is 402 g/mol. The summed E-state index contributed by atoms with van der Waals surface area (Å²) in [4.78, 5) is 2.46. The van der Waals surface area contributed by atoms with E-state index < -0.39 is 0 Å². The topological polar surface area (TPSA) is 48.8 Å². The van der Waals surface area contributed by atoms with Crippen LogP contribution in [-0.4, -0.2) is 48.2 Å². The van der Waals surface area contributed by atoms with Gasteiger partial charge in [-0.3, -0.25) is 9.58 Å². The first kappa shape index (κ1) is 21.7. The number of nitrogens with zero attached hydrogens (tertiary/aromatic N) is 3. The van der Waals surface area contributed by atoms with Gasteiger partial charge in [-0.2, -0.15) is 5.10 Å². The van der Waals surface area contributed by atoms with E-state index >= 15 is 0 Å². The number of aromatic nitrogens is 2. The molecule has 29 heavy (non-hydrogen) atoms. The molecule has 0 spiro atoms. The first-order valence-corrected chi connectivity index (χ1v) is 10.5. The van der Waals surface area contributed by atoms with E-state index in [9.17, 15) is 0 Å². The Bertz CT molecular complexity index is 810. The van der Waals surface area contributed by atoms with E-state index in [2.05, 4.69) is 43.3 Å². The number of rotatable bonds is 9. The molecule has 6 heteroatoms. The molecule has 2 heterocycles. The summed E-state index contributed by atoms with van der Waals surface area (Å²) in [5, 5.41) is 4.78. The monoisotopic (exact) mass is 401 g/mol. The fraction of sp³-hybridized carbons (Fsp3) is 0.609. The van der Waals surface area contributed by atoms with Crippen molar-refractivity contribution in [3.05, 3.63) is 40.7 Å². The predicted molar refractivity (Wildman–Crippen MR) is 115 cm³/mol. The Labute approximate surface area is 174 Å². The van der Waals surface area contributed by atoms with Gasteiger partial charge in [0.05, 0.1) is 26.0 Å². The molecule has 3 rings (SSSR count). The highest BCUT2D eigenvalue weighted by atomic mass is 16.5. The van der Waals surface area contributed by atoms with Crippen LogP contribution in [0.4, 0.5) is 0 Å². The van der Waals surface area contributed by atoms with Crippen molar-refractivity contribution in [1.29, 1.82) is 0 Å². The SMILES string of the molecule is COc1ccc(CN(Cc2c(C)nn(C(C)C)c2C)CC2CCCO2)c(OC)c1. The van der Waals surface area contributed by atoms with Gasteiger partial charge in [-0.15, -0.1) is 0 Å². The number of methoxy groups -OCH3 is 2. The third kappa shape index (κ3) is 5.11. The lowest BCUT2D eigenvalue weighted by molar-refractivity contribution is 0.0674. The highest BCUT2D eigenvalue weighted by Gasteiger charge is 2.23. The van der Waals surface area contributed by atoms with Crippen LogP contribution in [0.2, 0.25) is 0 Å². The van der Waals surface area contributed by atoms with Crippen LogP contribution in [0, 0.1) is 13.8 Å². The second-order valence-corrected chi connectivity index (χ2v) is 8.17. The summed E-state index contributed by atoms with van der Waals surface area (Å²) < 4.78 is 19.1. The number of ether oxygens (including phenoxy) is 3. The van der Waals surface area contributed by atoms with Gasteiger partial charge in [0, 0.05) is 55.2 Å². The summed E-state index contributed by atoms with van der Waals surface area (Å²) in [6, 6.07) is 6.40. The van der Waals surface area contributed by atoms with Crippen LogP contribution >= 0.6 is 0 Å². The maximum absolute atomic E-state index is 5.94. The van der Waals surface area contributed by atoms with Gasteiger partial charge in [-0.25, -0.2) is 0 Å². The summed E-state index contributed by atoms with van der Waals surface area (Å²) in [6.07, 6.45) is 2.56. The van der Waals surface area contributed by atoms with Gasteiger partial charge in [0.25, 0.3) is 0 Å². The summed E-state index contributed by atoms with van der Waals surface area (Å²) in [5.41, 5.74) is 4.81. The highest BCUT2D eigenvalue weighted by molar-refractivity contribution is 5.40. The Balaban J connectivity index is 1.85. The zero-order valence-electron chi connectivity index (χ0n) is 18.7. The molecule has 1 unspecified atom stereocenters. The Hall–Kier alpha value is -2.05. The first-order chi connectivity index (χ1) is 13.9. The molecule has 0 radical (unpaired) electrons. The molecule has 1 aromatic heterocycles. The molecule has 1 saturated heterocycles. The zero-order valence-corrected chi connectivity index (χ0v) is 18.7. The van der Waals surface area contributed by atoms with Crippen molar-refractivity contribution in [2.45, 2.75) is 65.8 Å². The Morgan fingerprint density at radius 1 is 1.21 bits per heavy atom. The minimum atomic E-state index is 0.292. The first-order valence-electron chi connectivity index (χ1n) is 10.5. The third-order valence-corrected chi connectivity index (χ3v) is 5.72. The molecule has 6 nitrogen and oxygen atoms in total. The fourth-order valence-electron chi connectivity index (χ4n) is 4.14. The van der Waals surface area contributed by atoms with E-state index in [0.717, 1.165) is 61.8 Å². The molecular formula is C23H35N3O3. The molecule has 1 fully saturated rings. The molecule has 1 aliphatic rings. The number of benzene rings is 1. The Morgan fingerprint density at radius 2 is 2.00 bits per heavy atom. The minimum absolute atomic E-state index is 0.292. The van der Waals surface area contributed by atoms with Gasteiger partial charge in [0.2, 0.25) is 0 Å². The van der Waals surface area contributed by atoms with Crippen molar-refractivity contribution < 1.29 is 14.2 Å². The largest absolute Gasteiger partial charge is 0.497 e. The van der Waals surface area contributed by atoms with Crippen LogP contribution in [0.3, 0.4) is 0 Å². The maximum Gasteiger partial charge on any atom is 0.127 e. The molecule has 0 aliphatic carbocycles. The van der Waals surface area contributed by atoms with Crippen molar-refractivity contribution in [3.8, 4) is 11.5 Å². The molecule has 2 aromatic rings. The summed E-state index contributed by atoms with van der Waals surface area (Å²) in [7, 11) is 3.39. The Morgan fingerprint density at radius 3 is 2.59 bits per heavy atom. The number of hydrogen-bond donors (Lipinski definition) is 0.